The number of aromatic nitrogens is 1. The van der Waals surface area contributed by atoms with Crippen LogP contribution < -0.4 is 5.43 Å². The maximum atomic E-state index is 12.0. The Morgan fingerprint density at radius 2 is 1.44 bits per heavy atom. The fourth-order valence-electron chi connectivity index (χ4n) is 3.62. The first-order valence-corrected chi connectivity index (χ1v) is 11.8. The molecule has 13 heteroatoms. The summed E-state index contributed by atoms with van der Waals surface area (Å²) >= 11 is 0. The van der Waals surface area contributed by atoms with Gasteiger partial charge in [-0.05, 0) is 24.6 Å². The molecule has 0 aliphatic rings. The Balaban J connectivity index is 2.47. The van der Waals surface area contributed by atoms with Crippen LogP contribution in [0, 0.1) is 6.92 Å². The molecular weight excluding hydrogens is 514 g/mol. The Bertz CT molecular complexity index is 1250. The first kappa shape index (κ1) is 30.7. The van der Waals surface area contributed by atoms with E-state index in [0.29, 0.717) is 11.3 Å². The summed E-state index contributed by atoms with van der Waals surface area (Å²) in [4.78, 5) is 63.7. The third kappa shape index (κ3) is 10.0. The predicted molar refractivity (Wildman–Crippen MR) is 137 cm³/mol. The van der Waals surface area contributed by atoms with E-state index in [1.54, 1.807) is 6.07 Å². The van der Waals surface area contributed by atoms with Crippen LogP contribution in [-0.2, 0) is 47.7 Å². The lowest BCUT2D eigenvalue weighted by Gasteiger charge is -2.34. The van der Waals surface area contributed by atoms with Crippen LogP contribution in [0.3, 0.4) is 0 Å². The van der Waals surface area contributed by atoms with Gasteiger partial charge in [-0.1, -0.05) is 18.2 Å². The highest BCUT2D eigenvalue weighted by atomic mass is 16.6. The van der Waals surface area contributed by atoms with Crippen molar-refractivity contribution >= 4 is 52.8 Å². The van der Waals surface area contributed by atoms with Crippen LogP contribution in [0.15, 0.2) is 35.4 Å². The normalized spacial score (nSPS) is 14.0. The number of hydrazone groups is 1. The van der Waals surface area contributed by atoms with Gasteiger partial charge in [-0.15, -0.1) is 0 Å². The van der Waals surface area contributed by atoms with Gasteiger partial charge in [-0.3, -0.25) is 29.4 Å². The number of para-hydroxylation sites is 1. The molecule has 0 spiro atoms. The summed E-state index contributed by atoms with van der Waals surface area (Å²) in [6.45, 7) is 6.81. The molecule has 39 heavy (non-hydrogen) atoms. The molecule has 4 unspecified atom stereocenters. The van der Waals surface area contributed by atoms with E-state index >= 15 is 0 Å². The number of hydrogen-bond acceptors (Lipinski definition) is 13. The van der Waals surface area contributed by atoms with E-state index in [1.807, 2.05) is 31.2 Å². The SMILES string of the molecule is CC(=O)OCC(OC(C)=O)C(OC(C)=O)C(OC(C)=O)C(/C=N/Nc1cc(C)c2ccccc2n1)OC(C)=O. The Morgan fingerprint density at radius 1 is 0.846 bits per heavy atom. The minimum absolute atomic E-state index is 0.372. The molecule has 2 rings (SSSR count). The Kier molecular flexibility index (Phi) is 11.3. The third-order valence-electron chi connectivity index (χ3n) is 5.01. The third-order valence-corrected chi connectivity index (χ3v) is 5.01. The standard InChI is InChI=1S/C26H31N3O10/c1-14-11-24(28-21-10-8-7-9-20(14)21)29-27-12-22(36-16(3)31)25(38-18(5)33)26(39-19(6)34)23(37-17(4)32)13-35-15(2)30/h7-12,22-23,25-26H,13H2,1-6H3,(H,28,29)/b27-12+. The topological polar surface area (TPSA) is 169 Å². The van der Waals surface area contributed by atoms with Crippen molar-refractivity contribution in [3.05, 3.63) is 35.9 Å². The van der Waals surface area contributed by atoms with Crippen LogP contribution in [0.5, 0.6) is 0 Å². The molecule has 1 heterocycles. The molecule has 0 fully saturated rings. The summed E-state index contributed by atoms with van der Waals surface area (Å²) in [5.74, 6) is -3.60. The summed E-state index contributed by atoms with van der Waals surface area (Å²) in [5, 5.41) is 5.04. The number of hydrogen-bond donors (Lipinski definition) is 1. The number of fused-ring (bicyclic) bond motifs is 1. The van der Waals surface area contributed by atoms with Gasteiger partial charge in [-0.25, -0.2) is 4.98 Å². The first-order valence-electron chi connectivity index (χ1n) is 11.8. The molecule has 0 radical (unpaired) electrons. The highest BCUT2D eigenvalue weighted by molar-refractivity contribution is 5.84. The second-order valence-electron chi connectivity index (χ2n) is 8.40. The van der Waals surface area contributed by atoms with Crippen molar-refractivity contribution in [3.63, 3.8) is 0 Å². The molecule has 0 aliphatic heterocycles. The monoisotopic (exact) mass is 545 g/mol. The van der Waals surface area contributed by atoms with E-state index in [4.69, 9.17) is 23.7 Å². The van der Waals surface area contributed by atoms with Crippen LogP contribution in [0.25, 0.3) is 10.9 Å². The minimum atomic E-state index is -1.56. The molecule has 0 bridgehead atoms. The summed E-state index contributed by atoms with van der Waals surface area (Å²) in [5.41, 5.74) is 4.38. The second kappa shape index (κ2) is 14.4. The number of esters is 5. The molecule has 4 atom stereocenters. The summed E-state index contributed by atoms with van der Waals surface area (Å²) < 4.78 is 26.2. The number of aryl methyl sites for hydroxylation is 1. The van der Waals surface area contributed by atoms with E-state index in [-0.39, 0.29) is 0 Å². The van der Waals surface area contributed by atoms with E-state index in [1.165, 1.54) is 0 Å². The largest absolute Gasteiger partial charge is 0.462 e. The maximum absolute atomic E-state index is 12.0. The molecule has 1 aromatic carbocycles. The number of anilines is 1. The Morgan fingerprint density at radius 3 is 2.03 bits per heavy atom. The smallest absolute Gasteiger partial charge is 0.303 e. The molecule has 13 nitrogen and oxygen atoms in total. The van der Waals surface area contributed by atoms with Crippen molar-refractivity contribution < 1.29 is 47.7 Å². The quantitative estimate of drug-likeness (QED) is 0.179. The average molecular weight is 546 g/mol. The van der Waals surface area contributed by atoms with Gasteiger partial charge in [0.2, 0.25) is 0 Å². The van der Waals surface area contributed by atoms with Crippen LogP contribution in [0.1, 0.15) is 40.2 Å². The number of benzene rings is 1. The zero-order valence-corrected chi connectivity index (χ0v) is 22.5. The summed E-state index contributed by atoms with van der Waals surface area (Å²) in [6, 6.07) is 9.24. The number of carbonyl (C=O) groups is 5. The second-order valence-corrected chi connectivity index (χ2v) is 8.40. The maximum Gasteiger partial charge on any atom is 0.303 e. The zero-order valence-electron chi connectivity index (χ0n) is 22.5. The number of nitrogens with one attached hydrogen (secondary N) is 1. The van der Waals surface area contributed by atoms with Gasteiger partial charge in [0.25, 0.3) is 0 Å². The van der Waals surface area contributed by atoms with Crippen molar-refractivity contribution in [3.8, 4) is 0 Å². The predicted octanol–water partition coefficient (Wildman–Crippen LogP) is 2.23. The van der Waals surface area contributed by atoms with Crippen LogP contribution in [0.2, 0.25) is 0 Å². The lowest BCUT2D eigenvalue weighted by Crippen LogP contribution is -2.53. The number of rotatable bonds is 12. The fraction of sp³-hybridized carbons (Fsp3) is 0.423. The van der Waals surface area contributed by atoms with Gasteiger partial charge in [0.15, 0.2) is 24.4 Å². The highest BCUT2D eigenvalue weighted by Crippen LogP contribution is 2.21. The molecule has 0 saturated carbocycles. The average Bonchev–Trinajstić information content (AvgIpc) is 2.82. The van der Waals surface area contributed by atoms with E-state index in [2.05, 4.69) is 15.5 Å². The first-order chi connectivity index (χ1) is 18.4. The van der Waals surface area contributed by atoms with Gasteiger partial charge in [0.1, 0.15) is 12.4 Å². The van der Waals surface area contributed by atoms with Gasteiger partial charge in [-0.2, -0.15) is 5.10 Å². The number of carbonyl (C=O) groups excluding carboxylic acids is 5. The molecule has 210 valence electrons. The Labute approximate surface area is 224 Å². The van der Waals surface area contributed by atoms with Crippen LogP contribution in [0.4, 0.5) is 5.82 Å². The summed E-state index contributed by atoms with van der Waals surface area (Å²) in [7, 11) is 0. The van der Waals surface area contributed by atoms with Crippen molar-refractivity contribution in [2.45, 2.75) is 66.0 Å². The Hall–Kier alpha value is -4.55. The zero-order chi connectivity index (χ0) is 29.1. The van der Waals surface area contributed by atoms with E-state index < -0.39 is 60.9 Å². The molecule has 2 aromatic rings. The van der Waals surface area contributed by atoms with Crippen LogP contribution >= 0.6 is 0 Å². The molecular formula is C26H31N3O10. The lowest BCUT2D eigenvalue weighted by molar-refractivity contribution is -0.197. The van der Waals surface area contributed by atoms with Crippen molar-refractivity contribution in [2.24, 2.45) is 5.10 Å². The van der Waals surface area contributed by atoms with Crippen LogP contribution in [-0.4, -0.2) is 72.1 Å². The van der Waals surface area contributed by atoms with E-state index in [9.17, 15) is 24.0 Å². The lowest BCUT2D eigenvalue weighted by atomic mass is 10.0. The number of pyridine rings is 1. The van der Waals surface area contributed by atoms with Crippen molar-refractivity contribution in [1.29, 1.82) is 0 Å². The van der Waals surface area contributed by atoms with Gasteiger partial charge >= 0.3 is 29.8 Å². The molecule has 0 saturated heterocycles. The molecule has 0 amide bonds. The number of nitrogens with zero attached hydrogens (tertiary/aromatic N) is 2. The van der Waals surface area contributed by atoms with Gasteiger partial charge < -0.3 is 23.7 Å². The minimum Gasteiger partial charge on any atom is -0.462 e. The molecule has 1 aromatic heterocycles. The fourth-order valence-corrected chi connectivity index (χ4v) is 3.62. The molecule has 0 aliphatic carbocycles. The van der Waals surface area contributed by atoms with Crippen molar-refractivity contribution in [1.82, 2.24) is 4.98 Å². The number of ether oxygens (including phenoxy) is 5. The summed E-state index contributed by atoms with van der Waals surface area (Å²) in [6.07, 6.45) is -4.89. The van der Waals surface area contributed by atoms with E-state index in [0.717, 1.165) is 51.8 Å². The van der Waals surface area contributed by atoms with Crippen molar-refractivity contribution in [2.75, 3.05) is 12.0 Å². The highest BCUT2D eigenvalue weighted by Gasteiger charge is 2.43. The van der Waals surface area contributed by atoms with Gasteiger partial charge in [0.05, 0.1) is 11.7 Å². The van der Waals surface area contributed by atoms with Gasteiger partial charge in [0, 0.05) is 40.0 Å². The molecule has 1 N–H and O–H groups in total.